The highest BCUT2D eigenvalue weighted by molar-refractivity contribution is 9.11. The van der Waals surface area contributed by atoms with Gasteiger partial charge in [0.05, 0.1) is 0 Å². The summed E-state index contributed by atoms with van der Waals surface area (Å²) in [4.78, 5) is 11.2. The summed E-state index contributed by atoms with van der Waals surface area (Å²) < 4.78 is 1.02. The van der Waals surface area contributed by atoms with E-state index >= 15 is 0 Å². The largest absolute Gasteiger partial charge is 0.288 e. The molecule has 3 heteroatoms. The van der Waals surface area contributed by atoms with Crippen molar-refractivity contribution in [3.63, 3.8) is 0 Å². The van der Waals surface area contributed by atoms with E-state index in [9.17, 15) is 4.79 Å². The Morgan fingerprint density at radius 3 is 2.53 bits per heavy atom. The van der Waals surface area contributed by atoms with E-state index < -0.39 is 0 Å². The third-order valence-electron chi connectivity index (χ3n) is 2.92. The van der Waals surface area contributed by atoms with Gasteiger partial charge in [-0.05, 0) is 29.7 Å². The highest BCUT2D eigenvalue weighted by Gasteiger charge is 2.25. The number of hydrogen-bond donors (Lipinski definition) is 0. The maximum absolute atomic E-state index is 11.2. The van der Waals surface area contributed by atoms with Crippen molar-refractivity contribution in [2.24, 2.45) is 5.92 Å². The van der Waals surface area contributed by atoms with E-state index in [1.54, 1.807) is 6.92 Å². The number of rotatable bonds is 4. The van der Waals surface area contributed by atoms with Crippen molar-refractivity contribution >= 4 is 32.8 Å². The molecule has 0 heterocycles. The summed E-state index contributed by atoms with van der Waals surface area (Å²) in [6, 6.07) is 0. The van der Waals surface area contributed by atoms with Gasteiger partial charge in [0.15, 0.2) is 5.12 Å². The van der Waals surface area contributed by atoms with Crippen LogP contribution in [0.2, 0.25) is 0 Å². The Balaban J connectivity index is 2.52. The lowest BCUT2D eigenvalue weighted by molar-refractivity contribution is -0.109. The Hall–Kier alpha value is 0.240. The maximum atomic E-state index is 11.2. The van der Waals surface area contributed by atoms with Crippen molar-refractivity contribution in [3.05, 3.63) is 11.1 Å². The summed E-state index contributed by atoms with van der Waals surface area (Å²) >= 11 is 4.92. The minimum absolute atomic E-state index is 0.235. The van der Waals surface area contributed by atoms with Crippen LogP contribution in [0.3, 0.4) is 0 Å². The quantitative estimate of drug-likeness (QED) is 0.758. The van der Waals surface area contributed by atoms with Gasteiger partial charge in [-0.3, -0.25) is 4.79 Å². The molecule has 1 saturated carbocycles. The molecular formula is C12H19BrOS. The molecule has 0 N–H and O–H groups in total. The number of hydrogen-bond acceptors (Lipinski definition) is 2. The summed E-state index contributed by atoms with van der Waals surface area (Å²) in [5, 5.41) is 0.675. The first-order valence-electron chi connectivity index (χ1n) is 5.60. The molecular weight excluding hydrogens is 272 g/mol. The highest BCUT2D eigenvalue weighted by Crippen LogP contribution is 2.36. The summed E-state index contributed by atoms with van der Waals surface area (Å²) in [5.74, 6) is 0.710. The number of allylic oxidation sites excluding steroid dienone is 1. The van der Waals surface area contributed by atoms with E-state index in [4.69, 9.17) is 0 Å². The highest BCUT2D eigenvalue weighted by atomic mass is 79.9. The molecule has 0 aromatic rings. The van der Waals surface area contributed by atoms with Gasteiger partial charge in [-0.25, -0.2) is 0 Å². The molecule has 0 bridgehead atoms. The van der Waals surface area contributed by atoms with Gasteiger partial charge in [0.2, 0.25) is 0 Å². The zero-order chi connectivity index (χ0) is 11.3. The van der Waals surface area contributed by atoms with Crippen LogP contribution in [0.5, 0.6) is 0 Å². The smallest absolute Gasteiger partial charge is 0.186 e. The van der Waals surface area contributed by atoms with Gasteiger partial charge < -0.3 is 0 Å². The van der Waals surface area contributed by atoms with Crippen LogP contribution in [0.4, 0.5) is 0 Å². The molecule has 1 unspecified atom stereocenters. The first-order chi connectivity index (χ1) is 7.09. The number of carbonyl (C=O) groups excluding carboxylic acids is 1. The molecule has 86 valence electrons. The molecule has 0 aromatic carbocycles. The lowest BCUT2D eigenvalue weighted by Crippen LogP contribution is -2.21. The lowest BCUT2D eigenvalue weighted by Gasteiger charge is -2.29. The van der Waals surface area contributed by atoms with E-state index in [2.05, 4.69) is 22.5 Å². The fourth-order valence-electron chi connectivity index (χ4n) is 2.24. The molecule has 1 aliphatic rings. The van der Waals surface area contributed by atoms with Crippen molar-refractivity contribution in [1.82, 2.24) is 0 Å². The predicted molar refractivity (Wildman–Crippen MR) is 71.3 cm³/mol. The Morgan fingerprint density at radius 2 is 2.07 bits per heavy atom. The van der Waals surface area contributed by atoms with Crippen molar-refractivity contribution in [2.75, 3.05) is 0 Å². The average molecular weight is 291 g/mol. The van der Waals surface area contributed by atoms with Crippen LogP contribution >= 0.6 is 27.7 Å². The molecule has 1 rings (SSSR count). The molecule has 0 radical (unpaired) electrons. The van der Waals surface area contributed by atoms with Crippen LogP contribution in [0.15, 0.2) is 11.1 Å². The van der Waals surface area contributed by atoms with Gasteiger partial charge in [0.25, 0.3) is 0 Å². The third-order valence-corrected chi connectivity index (χ3v) is 4.43. The first kappa shape index (κ1) is 13.3. The lowest BCUT2D eigenvalue weighted by atomic mass is 9.86. The fourth-order valence-corrected chi connectivity index (χ4v) is 3.98. The third kappa shape index (κ3) is 5.21. The number of carbonyl (C=O) groups is 1. The number of thioether (sulfide) groups is 1. The molecule has 1 fully saturated rings. The average Bonchev–Trinajstić information content (AvgIpc) is 2.17. The second kappa shape index (κ2) is 6.74. The van der Waals surface area contributed by atoms with Crippen molar-refractivity contribution in [2.45, 2.75) is 50.7 Å². The van der Waals surface area contributed by atoms with Gasteiger partial charge in [-0.2, -0.15) is 0 Å². The summed E-state index contributed by atoms with van der Waals surface area (Å²) in [7, 11) is 0. The maximum Gasteiger partial charge on any atom is 0.186 e. The van der Waals surface area contributed by atoms with E-state index in [0.29, 0.717) is 11.2 Å². The molecule has 1 aliphatic carbocycles. The molecule has 0 saturated heterocycles. The molecule has 0 aromatic heterocycles. The van der Waals surface area contributed by atoms with Crippen LogP contribution in [-0.4, -0.2) is 10.4 Å². The second-order valence-electron chi connectivity index (χ2n) is 4.27. The molecule has 0 aliphatic heterocycles. The molecule has 1 atom stereocenters. The summed E-state index contributed by atoms with van der Waals surface area (Å²) in [5.41, 5.74) is 0. The molecule has 0 spiro atoms. The second-order valence-corrected chi connectivity index (χ2v) is 6.80. The van der Waals surface area contributed by atoms with Crippen LogP contribution in [0, 0.1) is 5.92 Å². The van der Waals surface area contributed by atoms with E-state index in [1.165, 1.54) is 43.9 Å². The standard InChI is InChI=1S/C12H19BrOS/c1-9(13)8-12(15-10(2)14)11-6-4-3-5-7-11/h11-12H,1,3-8H2,2H3. The predicted octanol–water partition coefficient (Wildman–Crippen LogP) is 4.51. The van der Waals surface area contributed by atoms with Crippen molar-refractivity contribution in [1.29, 1.82) is 0 Å². The van der Waals surface area contributed by atoms with Gasteiger partial charge in [0.1, 0.15) is 0 Å². The topological polar surface area (TPSA) is 17.1 Å². The Bertz CT molecular complexity index is 218. The Morgan fingerprint density at radius 1 is 1.47 bits per heavy atom. The van der Waals surface area contributed by atoms with Crippen LogP contribution < -0.4 is 0 Å². The van der Waals surface area contributed by atoms with E-state index in [1.807, 2.05) is 0 Å². The minimum atomic E-state index is 0.235. The molecule has 0 amide bonds. The van der Waals surface area contributed by atoms with Crippen molar-refractivity contribution < 1.29 is 4.79 Å². The number of halogens is 1. The zero-order valence-electron chi connectivity index (χ0n) is 9.30. The molecule has 1 nitrogen and oxygen atoms in total. The van der Waals surface area contributed by atoms with E-state index in [-0.39, 0.29) is 5.12 Å². The first-order valence-corrected chi connectivity index (χ1v) is 7.27. The normalized spacial score (nSPS) is 19.9. The Kier molecular flexibility index (Phi) is 5.98. The van der Waals surface area contributed by atoms with Gasteiger partial charge in [-0.15, -0.1) is 0 Å². The van der Waals surface area contributed by atoms with Crippen LogP contribution in [0.25, 0.3) is 0 Å². The monoisotopic (exact) mass is 290 g/mol. The van der Waals surface area contributed by atoms with Gasteiger partial charge >= 0.3 is 0 Å². The minimum Gasteiger partial charge on any atom is -0.288 e. The van der Waals surface area contributed by atoms with Gasteiger partial charge in [0, 0.05) is 12.2 Å². The van der Waals surface area contributed by atoms with Crippen molar-refractivity contribution in [3.8, 4) is 0 Å². The SMILES string of the molecule is C=C(Br)CC(SC(C)=O)C1CCCCC1. The fraction of sp³-hybridized carbons (Fsp3) is 0.750. The summed E-state index contributed by atoms with van der Waals surface area (Å²) in [6.45, 7) is 5.55. The van der Waals surface area contributed by atoms with Crippen LogP contribution in [-0.2, 0) is 4.79 Å². The molecule has 15 heavy (non-hydrogen) atoms. The summed E-state index contributed by atoms with van der Waals surface area (Å²) in [6.07, 6.45) is 7.51. The zero-order valence-corrected chi connectivity index (χ0v) is 11.7. The Labute approximate surface area is 105 Å². The van der Waals surface area contributed by atoms with Crippen LogP contribution in [0.1, 0.15) is 45.4 Å². The van der Waals surface area contributed by atoms with Gasteiger partial charge in [-0.1, -0.05) is 53.5 Å². The van der Waals surface area contributed by atoms with E-state index in [0.717, 1.165) is 10.9 Å².